The zero-order valence-corrected chi connectivity index (χ0v) is 16.6. The van der Waals surface area contributed by atoms with Crippen molar-refractivity contribution in [2.45, 2.75) is 50.9 Å². The van der Waals surface area contributed by atoms with Gasteiger partial charge in [-0.05, 0) is 49.9 Å². The van der Waals surface area contributed by atoms with Crippen molar-refractivity contribution in [3.63, 3.8) is 0 Å². The second-order valence-corrected chi connectivity index (χ2v) is 8.11. The summed E-state index contributed by atoms with van der Waals surface area (Å²) in [5.74, 6) is 0.208. The van der Waals surface area contributed by atoms with E-state index in [2.05, 4.69) is 69.7 Å². The topological polar surface area (TPSA) is 35.6 Å². The first kappa shape index (κ1) is 19.2. The molecule has 0 bridgehead atoms. The molecule has 2 aliphatic heterocycles. The van der Waals surface area contributed by atoms with Crippen LogP contribution in [0.4, 0.5) is 0 Å². The Balaban J connectivity index is 1.29. The Kier molecular flexibility index (Phi) is 6.40. The van der Waals surface area contributed by atoms with Crippen LogP contribution in [0.15, 0.2) is 60.7 Å². The third-order valence-corrected chi connectivity index (χ3v) is 6.13. The van der Waals surface area contributed by atoms with Gasteiger partial charge in [0.2, 0.25) is 5.91 Å². The smallest absolute Gasteiger partial charge is 0.237 e. The van der Waals surface area contributed by atoms with Crippen molar-refractivity contribution in [2.24, 2.45) is 0 Å². The Morgan fingerprint density at radius 3 is 2.07 bits per heavy atom. The van der Waals surface area contributed by atoms with Crippen molar-refractivity contribution >= 4 is 5.91 Å². The zero-order chi connectivity index (χ0) is 19.2. The van der Waals surface area contributed by atoms with Gasteiger partial charge in [-0.2, -0.15) is 0 Å². The van der Waals surface area contributed by atoms with Gasteiger partial charge < -0.3 is 5.32 Å². The molecule has 4 heteroatoms. The van der Waals surface area contributed by atoms with E-state index in [1.54, 1.807) is 0 Å². The number of carbonyl (C=O) groups excluding carboxylic acids is 1. The maximum absolute atomic E-state index is 12.9. The van der Waals surface area contributed by atoms with Gasteiger partial charge >= 0.3 is 0 Å². The van der Waals surface area contributed by atoms with Crippen LogP contribution >= 0.6 is 0 Å². The molecule has 2 aromatic rings. The van der Waals surface area contributed by atoms with Crippen LogP contribution in [-0.2, 0) is 17.9 Å². The predicted octanol–water partition coefficient (Wildman–Crippen LogP) is 3.43. The highest BCUT2D eigenvalue weighted by Gasteiger charge is 2.32. The number of benzene rings is 2. The molecule has 28 heavy (non-hydrogen) atoms. The van der Waals surface area contributed by atoms with E-state index in [1.165, 1.54) is 24.0 Å². The average Bonchev–Trinajstić information content (AvgIpc) is 3.37. The molecule has 1 amide bonds. The third kappa shape index (κ3) is 4.81. The molecule has 2 aromatic carbocycles. The van der Waals surface area contributed by atoms with Crippen LogP contribution in [0.1, 0.15) is 36.8 Å². The fraction of sp³-hybridized carbons (Fsp3) is 0.458. The van der Waals surface area contributed by atoms with E-state index in [4.69, 9.17) is 0 Å². The third-order valence-electron chi connectivity index (χ3n) is 6.13. The first-order valence-corrected chi connectivity index (χ1v) is 10.6. The molecule has 0 spiro atoms. The lowest BCUT2D eigenvalue weighted by molar-refractivity contribution is -0.125. The first-order chi connectivity index (χ1) is 13.8. The highest BCUT2D eigenvalue weighted by Crippen LogP contribution is 2.22. The molecule has 0 radical (unpaired) electrons. The van der Waals surface area contributed by atoms with Crippen LogP contribution in [0.2, 0.25) is 0 Å². The summed E-state index contributed by atoms with van der Waals surface area (Å²) in [4.78, 5) is 17.8. The minimum atomic E-state index is 0.0178. The summed E-state index contributed by atoms with van der Waals surface area (Å²) in [6, 6.07) is 21.6. The van der Waals surface area contributed by atoms with Crippen molar-refractivity contribution < 1.29 is 4.79 Å². The molecule has 0 saturated carbocycles. The van der Waals surface area contributed by atoms with Crippen LogP contribution < -0.4 is 5.32 Å². The van der Waals surface area contributed by atoms with Gasteiger partial charge in [0, 0.05) is 25.7 Å². The summed E-state index contributed by atoms with van der Waals surface area (Å²) in [7, 11) is 0. The maximum Gasteiger partial charge on any atom is 0.237 e. The maximum atomic E-state index is 12.9. The molecule has 4 nitrogen and oxygen atoms in total. The van der Waals surface area contributed by atoms with E-state index in [-0.39, 0.29) is 11.9 Å². The minimum absolute atomic E-state index is 0.0178. The van der Waals surface area contributed by atoms with Gasteiger partial charge in [-0.1, -0.05) is 60.7 Å². The molecule has 2 heterocycles. The van der Waals surface area contributed by atoms with Crippen molar-refractivity contribution in [1.29, 1.82) is 0 Å². The quantitative estimate of drug-likeness (QED) is 0.803. The van der Waals surface area contributed by atoms with Gasteiger partial charge in [0.15, 0.2) is 0 Å². The Hall–Kier alpha value is -2.17. The van der Waals surface area contributed by atoms with Crippen molar-refractivity contribution in [3.8, 4) is 0 Å². The highest BCUT2D eigenvalue weighted by molar-refractivity contribution is 5.82. The molecular weight excluding hydrogens is 346 g/mol. The van der Waals surface area contributed by atoms with Gasteiger partial charge in [-0.3, -0.25) is 14.6 Å². The molecule has 0 aliphatic carbocycles. The van der Waals surface area contributed by atoms with E-state index in [1.807, 2.05) is 6.07 Å². The molecule has 4 rings (SSSR count). The summed E-state index contributed by atoms with van der Waals surface area (Å²) in [5.41, 5.74) is 2.64. The van der Waals surface area contributed by atoms with Crippen molar-refractivity contribution in [3.05, 3.63) is 71.8 Å². The molecule has 0 aromatic heterocycles. The van der Waals surface area contributed by atoms with Crippen LogP contribution in [0, 0.1) is 0 Å². The van der Waals surface area contributed by atoms with E-state index < -0.39 is 0 Å². The molecule has 0 unspecified atom stereocenters. The second-order valence-electron chi connectivity index (χ2n) is 8.11. The molecule has 2 aliphatic rings. The van der Waals surface area contributed by atoms with Crippen LogP contribution in [0.3, 0.4) is 0 Å². The number of likely N-dealkylation sites (tertiary alicyclic amines) is 2. The lowest BCUT2D eigenvalue weighted by Gasteiger charge is -2.27. The predicted molar refractivity (Wildman–Crippen MR) is 113 cm³/mol. The fourth-order valence-electron chi connectivity index (χ4n) is 4.62. The number of hydrogen-bond donors (Lipinski definition) is 1. The van der Waals surface area contributed by atoms with E-state index >= 15 is 0 Å². The number of amides is 1. The molecule has 2 saturated heterocycles. The second kappa shape index (κ2) is 9.35. The van der Waals surface area contributed by atoms with Gasteiger partial charge in [-0.15, -0.1) is 0 Å². The Morgan fingerprint density at radius 1 is 0.821 bits per heavy atom. The number of nitrogens with zero attached hydrogens (tertiary/aromatic N) is 2. The molecule has 1 N–H and O–H groups in total. The van der Waals surface area contributed by atoms with Crippen LogP contribution in [-0.4, -0.2) is 47.4 Å². The van der Waals surface area contributed by atoms with Gasteiger partial charge in [0.05, 0.1) is 6.04 Å². The Morgan fingerprint density at radius 2 is 1.39 bits per heavy atom. The molecule has 2 fully saturated rings. The minimum Gasteiger partial charge on any atom is -0.353 e. The molecular formula is C24H31N3O. The summed E-state index contributed by atoms with van der Waals surface area (Å²) in [5, 5.41) is 3.28. The van der Waals surface area contributed by atoms with E-state index in [0.717, 1.165) is 45.6 Å². The standard InChI is InChI=1S/C24H31N3O/c28-24(23-14-8-16-27(23)19-21-11-5-2-6-12-21)25-17-22-13-7-15-26(22)18-20-9-3-1-4-10-20/h1-6,9-12,22-23H,7-8,13-19H2,(H,25,28)/t22-,23-/m0/s1. The number of rotatable bonds is 7. The van der Waals surface area contributed by atoms with E-state index in [0.29, 0.717) is 6.04 Å². The molecule has 148 valence electrons. The highest BCUT2D eigenvalue weighted by atomic mass is 16.2. The van der Waals surface area contributed by atoms with E-state index in [9.17, 15) is 4.79 Å². The summed E-state index contributed by atoms with van der Waals surface area (Å²) >= 11 is 0. The van der Waals surface area contributed by atoms with Crippen LogP contribution in [0.25, 0.3) is 0 Å². The largest absolute Gasteiger partial charge is 0.353 e. The SMILES string of the molecule is O=C(NC[C@@H]1CCCN1Cc1ccccc1)[C@@H]1CCCN1Cc1ccccc1. The number of hydrogen-bond acceptors (Lipinski definition) is 3. The van der Waals surface area contributed by atoms with Crippen LogP contribution in [0.5, 0.6) is 0 Å². The lowest BCUT2D eigenvalue weighted by atomic mass is 10.1. The Bertz CT molecular complexity index is 749. The lowest BCUT2D eigenvalue weighted by Crippen LogP contribution is -2.47. The zero-order valence-electron chi connectivity index (χ0n) is 16.6. The van der Waals surface area contributed by atoms with Gasteiger partial charge in [0.1, 0.15) is 0 Å². The summed E-state index contributed by atoms with van der Waals surface area (Å²) in [6.45, 7) is 4.74. The van der Waals surface area contributed by atoms with Gasteiger partial charge in [0.25, 0.3) is 0 Å². The first-order valence-electron chi connectivity index (χ1n) is 10.6. The Labute approximate surface area is 168 Å². The monoisotopic (exact) mass is 377 g/mol. The number of carbonyl (C=O) groups is 1. The summed E-state index contributed by atoms with van der Waals surface area (Å²) < 4.78 is 0. The fourth-order valence-corrected chi connectivity index (χ4v) is 4.62. The summed E-state index contributed by atoms with van der Waals surface area (Å²) in [6.07, 6.45) is 4.47. The molecule has 2 atom stereocenters. The normalized spacial score (nSPS) is 23.1. The van der Waals surface area contributed by atoms with Gasteiger partial charge in [-0.25, -0.2) is 0 Å². The average molecular weight is 378 g/mol. The van der Waals surface area contributed by atoms with Crippen molar-refractivity contribution in [2.75, 3.05) is 19.6 Å². The number of nitrogens with one attached hydrogen (secondary N) is 1. The van der Waals surface area contributed by atoms with Crippen molar-refractivity contribution in [1.82, 2.24) is 15.1 Å².